The monoisotopic (exact) mass is 426 g/mol. The molecule has 0 atom stereocenters. The van der Waals surface area contributed by atoms with Gasteiger partial charge in [0.05, 0.1) is 21.6 Å². The Kier molecular flexibility index (Phi) is 5.22. The number of anilines is 1. The molecule has 4 amide bonds. The van der Waals surface area contributed by atoms with Crippen LogP contribution in [0, 0.1) is 34.1 Å². The van der Waals surface area contributed by atoms with E-state index in [1.165, 1.54) is 12.1 Å². The van der Waals surface area contributed by atoms with Gasteiger partial charge in [-0.1, -0.05) is 6.07 Å². The van der Waals surface area contributed by atoms with Crippen molar-refractivity contribution in [1.29, 1.82) is 0 Å². The smallest absolute Gasteiger partial charge is 0.335 e. The van der Waals surface area contributed by atoms with Crippen LogP contribution in [-0.2, 0) is 9.59 Å². The van der Waals surface area contributed by atoms with E-state index in [-0.39, 0.29) is 5.69 Å². The summed E-state index contributed by atoms with van der Waals surface area (Å²) in [5.74, 6) is -3.16. The number of barbiturate groups is 1. The molecule has 2 aromatic rings. The van der Waals surface area contributed by atoms with Gasteiger partial charge in [0.1, 0.15) is 5.57 Å². The number of nitrogens with zero attached hydrogens (tertiary/aromatic N) is 3. The topological polar surface area (TPSA) is 173 Å². The second-order valence-electron chi connectivity index (χ2n) is 6.72. The van der Waals surface area contributed by atoms with Crippen LogP contribution in [0.3, 0.4) is 0 Å². The van der Waals surface area contributed by atoms with Gasteiger partial charge in [0, 0.05) is 11.6 Å². The number of non-ortho nitro benzene ring substituents is 1. The van der Waals surface area contributed by atoms with E-state index in [2.05, 4.69) is 0 Å². The van der Waals surface area contributed by atoms with E-state index in [0.29, 0.717) is 11.0 Å². The first kappa shape index (κ1) is 21.1. The number of aromatic hydroxyl groups is 1. The molecular weight excluding hydrogens is 412 g/mol. The second-order valence-corrected chi connectivity index (χ2v) is 6.72. The van der Waals surface area contributed by atoms with Gasteiger partial charge >= 0.3 is 11.7 Å². The van der Waals surface area contributed by atoms with Gasteiger partial charge in [-0.25, -0.2) is 9.69 Å². The number of carbonyl (C=O) groups is 3. The molecule has 1 aliphatic rings. The summed E-state index contributed by atoms with van der Waals surface area (Å²) in [7, 11) is 0. The zero-order chi connectivity index (χ0) is 23.0. The van der Waals surface area contributed by atoms with E-state index in [0.717, 1.165) is 23.3 Å². The van der Waals surface area contributed by atoms with Gasteiger partial charge in [-0.2, -0.15) is 0 Å². The fraction of sp³-hybridized carbons (Fsp3) is 0.105. The van der Waals surface area contributed by atoms with E-state index in [1.54, 1.807) is 19.9 Å². The maximum Gasteiger partial charge on any atom is 0.335 e. The highest BCUT2D eigenvalue weighted by molar-refractivity contribution is 6.39. The van der Waals surface area contributed by atoms with Gasteiger partial charge < -0.3 is 5.11 Å². The summed E-state index contributed by atoms with van der Waals surface area (Å²) in [6.07, 6.45) is 0.759. The van der Waals surface area contributed by atoms with Crippen molar-refractivity contribution in [2.45, 2.75) is 13.8 Å². The maximum atomic E-state index is 12.9. The zero-order valence-corrected chi connectivity index (χ0v) is 16.1. The van der Waals surface area contributed by atoms with Gasteiger partial charge in [-0.15, -0.1) is 0 Å². The van der Waals surface area contributed by atoms with Crippen molar-refractivity contribution >= 4 is 41.0 Å². The molecule has 3 rings (SSSR count). The first-order chi connectivity index (χ1) is 14.5. The van der Waals surface area contributed by atoms with Crippen molar-refractivity contribution in [3.05, 3.63) is 72.8 Å². The van der Waals surface area contributed by atoms with Gasteiger partial charge in [-0.05, 0) is 43.2 Å². The van der Waals surface area contributed by atoms with E-state index in [9.17, 15) is 39.7 Å². The number of rotatable bonds is 4. The maximum absolute atomic E-state index is 12.9. The lowest BCUT2D eigenvalue weighted by Gasteiger charge is -2.27. The molecule has 12 heteroatoms. The largest absolute Gasteiger partial charge is 0.502 e. The third-order valence-corrected chi connectivity index (χ3v) is 4.38. The van der Waals surface area contributed by atoms with Gasteiger partial charge in [0.25, 0.3) is 17.5 Å². The Balaban J connectivity index is 2.16. The standard InChI is InChI=1S/C19H14N4O8/c1-9-3-10(2)5-12(4-9)21-18(26)14(17(25)20-19(21)27)7-11-6-13(22(28)29)8-15(16(11)24)23(30)31/h3-8,24H,1-2H3,(H,20,25,27)/b14-7+. The highest BCUT2D eigenvalue weighted by Gasteiger charge is 2.37. The minimum absolute atomic E-state index is 0.174. The average molecular weight is 426 g/mol. The number of imide groups is 2. The molecule has 0 radical (unpaired) electrons. The molecule has 2 N–H and O–H groups in total. The molecule has 158 valence electrons. The van der Waals surface area contributed by atoms with Crippen LogP contribution < -0.4 is 10.2 Å². The Morgan fingerprint density at radius 1 is 0.968 bits per heavy atom. The number of phenols is 1. The van der Waals surface area contributed by atoms with Crippen LogP contribution in [0.25, 0.3) is 6.08 Å². The van der Waals surface area contributed by atoms with Crippen LogP contribution in [-0.4, -0.2) is 32.8 Å². The first-order valence-electron chi connectivity index (χ1n) is 8.65. The average Bonchev–Trinajstić information content (AvgIpc) is 2.64. The molecule has 1 heterocycles. The molecule has 0 aromatic heterocycles. The van der Waals surface area contributed by atoms with Crippen molar-refractivity contribution in [2.24, 2.45) is 0 Å². The van der Waals surface area contributed by atoms with Crippen LogP contribution >= 0.6 is 0 Å². The molecule has 12 nitrogen and oxygen atoms in total. The number of urea groups is 1. The Morgan fingerprint density at radius 3 is 2.13 bits per heavy atom. The molecule has 1 fully saturated rings. The lowest BCUT2D eigenvalue weighted by molar-refractivity contribution is -0.394. The number of nitro groups is 2. The summed E-state index contributed by atoms with van der Waals surface area (Å²) < 4.78 is 0. The molecule has 0 spiro atoms. The molecule has 0 aliphatic carbocycles. The quantitative estimate of drug-likeness (QED) is 0.324. The van der Waals surface area contributed by atoms with Crippen LogP contribution in [0.2, 0.25) is 0 Å². The van der Waals surface area contributed by atoms with Crippen LogP contribution in [0.5, 0.6) is 5.75 Å². The van der Waals surface area contributed by atoms with Gasteiger partial charge in [0.15, 0.2) is 0 Å². The van der Waals surface area contributed by atoms with E-state index >= 15 is 0 Å². The number of phenolic OH excluding ortho intramolecular Hbond substituents is 1. The summed E-state index contributed by atoms with van der Waals surface area (Å²) in [6.45, 7) is 3.48. The second kappa shape index (κ2) is 7.67. The third-order valence-electron chi connectivity index (χ3n) is 4.38. The summed E-state index contributed by atoms with van der Waals surface area (Å²) in [5.41, 5.74) is -1.21. The Morgan fingerprint density at radius 2 is 1.58 bits per heavy atom. The molecule has 0 saturated carbocycles. The van der Waals surface area contributed by atoms with Crippen LogP contribution in [0.15, 0.2) is 35.9 Å². The minimum Gasteiger partial charge on any atom is -0.502 e. The Hall–Kier alpha value is -4.61. The van der Waals surface area contributed by atoms with Crippen LogP contribution in [0.4, 0.5) is 21.9 Å². The third kappa shape index (κ3) is 3.94. The number of hydrogen-bond acceptors (Lipinski definition) is 8. The predicted molar refractivity (Wildman–Crippen MR) is 106 cm³/mol. The number of nitro benzene ring substituents is 2. The van der Waals surface area contributed by atoms with Crippen molar-refractivity contribution in [2.75, 3.05) is 4.90 Å². The first-order valence-corrected chi connectivity index (χ1v) is 8.65. The van der Waals surface area contributed by atoms with E-state index in [4.69, 9.17) is 0 Å². The number of aryl methyl sites for hydroxylation is 2. The van der Waals surface area contributed by atoms with Crippen molar-refractivity contribution in [3.8, 4) is 5.75 Å². The van der Waals surface area contributed by atoms with Crippen LogP contribution in [0.1, 0.15) is 16.7 Å². The molecule has 1 saturated heterocycles. The molecule has 2 aromatic carbocycles. The number of carbonyl (C=O) groups excluding carboxylic acids is 3. The lowest BCUT2D eigenvalue weighted by atomic mass is 10.0. The van der Waals surface area contributed by atoms with Crippen molar-refractivity contribution < 1.29 is 29.3 Å². The molecule has 0 bridgehead atoms. The van der Waals surface area contributed by atoms with Crippen molar-refractivity contribution in [1.82, 2.24) is 5.32 Å². The van der Waals surface area contributed by atoms with E-state index in [1.807, 2.05) is 5.32 Å². The summed E-state index contributed by atoms with van der Waals surface area (Å²) in [6, 6.07) is 5.18. The highest BCUT2D eigenvalue weighted by Crippen LogP contribution is 2.36. The van der Waals surface area contributed by atoms with Gasteiger partial charge in [-0.3, -0.25) is 35.1 Å². The fourth-order valence-corrected chi connectivity index (χ4v) is 3.11. The number of nitrogens with one attached hydrogen (secondary N) is 1. The molecular formula is C19H14N4O8. The minimum atomic E-state index is -1.12. The number of hydrogen-bond donors (Lipinski definition) is 2. The summed E-state index contributed by atoms with van der Waals surface area (Å²) in [5, 5.41) is 34.3. The van der Waals surface area contributed by atoms with Crippen molar-refractivity contribution in [3.63, 3.8) is 0 Å². The lowest BCUT2D eigenvalue weighted by Crippen LogP contribution is -2.54. The Labute approximate surface area is 173 Å². The predicted octanol–water partition coefficient (Wildman–Crippen LogP) is 2.49. The SMILES string of the molecule is Cc1cc(C)cc(N2C(=O)NC(=O)/C(=C\c3cc([N+](=O)[O-])cc([N+](=O)[O-])c3O)C2=O)c1. The highest BCUT2D eigenvalue weighted by atomic mass is 16.6. The molecule has 1 aliphatic heterocycles. The Bertz CT molecular complexity index is 1200. The summed E-state index contributed by atoms with van der Waals surface area (Å²) in [4.78, 5) is 58.5. The number of benzene rings is 2. The molecule has 0 unspecified atom stereocenters. The number of amides is 4. The van der Waals surface area contributed by atoms with E-state index < -0.39 is 56.0 Å². The normalized spacial score (nSPS) is 15.2. The fourth-order valence-electron chi connectivity index (χ4n) is 3.11. The van der Waals surface area contributed by atoms with Gasteiger partial charge in [0.2, 0.25) is 5.75 Å². The molecule has 31 heavy (non-hydrogen) atoms. The zero-order valence-electron chi connectivity index (χ0n) is 16.1. The summed E-state index contributed by atoms with van der Waals surface area (Å²) >= 11 is 0.